The second kappa shape index (κ2) is 3.74. The van der Waals surface area contributed by atoms with E-state index in [1.165, 1.54) is 0 Å². The Morgan fingerprint density at radius 2 is 1.79 bits per heavy atom. The first-order chi connectivity index (χ1) is 6.46. The van der Waals surface area contributed by atoms with E-state index in [2.05, 4.69) is 20.8 Å². The van der Waals surface area contributed by atoms with Crippen molar-refractivity contribution in [3.05, 3.63) is 35.4 Å². The van der Waals surface area contributed by atoms with Crippen LogP contribution in [-0.4, -0.2) is 11.9 Å². The van der Waals surface area contributed by atoms with Crippen molar-refractivity contribution in [2.24, 2.45) is 0 Å². The molecule has 0 aliphatic rings. The van der Waals surface area contributed by atoms with Gasteiger partial charge in [0.25, 0.3) is 0 Å². The van der Waals surface area contributed by atoms with Crippen LogP contribution in [0.25, 0.3) is 0 Å². The molecule has 0 saturated heterocycles. The molecule has 0 amide bonds. The maximum Gasteiger partial charge on any atom is 0.0790 e. The van der Waals surface area contributed by atoms with Gasteiger partial charge in [-0.2, -0.15) is 0 Å². The second-order valence-corrected chi connectivity index (χ2v) is 4.35. The van der Waals surface area contributed by atoms with E-state index in [1.807, 2.05) is 24.3 Å². The lowest BCUT2D eigenvalue weighted by molar-refractivity contribution is 0.589. The minimum Gasteiger partial charge on any atom is -0.307 e. The van der Waals surface area contributed by atoms with Gasteiger partial charge in [-0.3, -0.25) is 5.41 Å². The molecular weight excluding hydrogens is 172 g/mol. The highest BCUT2D eigenvalue weighted by Crippen LogP contribution is 2.25. The molecule has 1 rings (SSSR count). The third-order valence-electron chi connectivity index (χ3n) is 2.17. The molecule has 0 unspecified atom stereocenters. The van der Waals surface area contributed by atoms with Crippen LogP contribution in [-0.2, 0) is 5.41 Å². The van der Waals surface area contributed by atoms with Crippen LogP contribution in [0.5, 0.6) is 0 Å². The summed E-state index contributed by atoms with van der Waals surface area (Å²) in [6.45, 7) is 6.34. The van der Waals surface area contributed by atoms with E-state index < -0.39 is 0 Å². The zero-order chi connectivity index (χ0) is 10.8. The van der Waals surface area contributed by atoms with Crippen molar-refractivity contribution in [2.45, 2.75) is 26.2 Å². The lowest BCUT2D eigenvalue weighted by Crippen LogP contribution is -2.17. The second-order valence-electron chi connectivity index (χ2n) is 4.35. The molecule has 0 fully saturated rings. The summed E-state index contributed by atoms with van der Waals surface area (Å²) in [5, 5.41) is 14.8. The van der Waals surface area contributed by atoms with E-state index in [9.17, 15) is 0 Å². The van der Waals surface area contributed by atoms with Gasteiger partial charge in [-0.05, 0) is 11.0 Å². The van der Waals surface area contributed by atoms with Crippen molar-refractivity contribution in [2.75, 3.05) is 0 Å². The first-order valence-corrected chi connectivity index (χ1v) is 4.65. The molecule has 2 nitrogen and oxygen atoms in total. The Balaban J connectivity index is 3.30. The molecule has 0 aliphatic carbocycles. The summed E-state index contributed by atoms with van der Waals surface area (Å²) in [5.74, 6) is 0. The number of nitrogens with one attached hydrogen (secondary N) is 2. The summed E-state index contributed by atoms with van der Waals surface area (Å²) in [6, 6.07) is 7.80. The van der Waals surface area contributed by atoms with Gasteiger partial charge in [0.05, 0.1) is 5.71 Å². The van der Waals surface area contributed by atoms with Crippen molar-refractivity contribution >= 4 is 11.9 Å². The molecule has 0 bridgehead atoms. The molecule has 2 heteroatoms. The molecule has 0 saturated carbocycles. The quantitative estimate of drug-likeness (QED) is 0.670. The van der Waals surface area contributed by atoms with E-state index >= 15 is 0 Å². The van der Waals surface area contributed by atoms with Crippen LogP contribution in [0.2, 0.25) is 0 Å². The lowest BCUT2D eigenvalue weighted by Gasteiger charge is -2.22. The minimum absolute atomic E-state index is 0.0197. The first-order valence-electron chi connectivity index (χ1n) is 4.65. The van der Waals surface area contributed by atoms with Gasteiger partial charge in [-0.15, -0.1) is 0 Å². The van der Waals surface area contributed by atoms with Gasteiger partial charge in [0, 0.05) is 11.8 Å². The number of rotatable bonds is 2. The number of hydrogen-bond acceptors (Lipinski definition) is 2. The van der Waals surface area contributed by atoms with Crippen molar-refractivity contribution < 1.29 is 0 Å². The Kier molecular flexibility index (Phi) is 2.84. The predicted molar refractivity (Wildman–Crippen MR) is 60.8 cm³/mol. The first kappa shape index (κ1) is 10.6. The molecule has 0 aliphatic heterocycles. The van der Waals surface area contributed by atoms with E-state index in [4.69, 9.17) is 10.8 Å². The fourth-order valence-corrected chi connectivity index (χ4v) is 1.45. The Labute approximate surface area is 85.0 Å². The summed E-state index contributed by atoms with van der Waals surface area (Å²) in [6.07, 6.45) is 1.09. The molecule has 2 N–H and O–H groups in total. The van der Waals surface area contributed by atoms with Gasteiger partial charge < -0.3 is 5.41 Å². The van der Waals surface area contributed by atoms with Crippen LogP contribution in [0.1, 0.15) is 31.9 Å². The highest BCUT2D eigenvalue weighted by Gasteiger charge is 2.18. The summed E-state index contributed by atoms with van der Waals surface area (Å²) in [4.78, 5) is 0. The topological polar surface area (TPSA) is 47.7 Å². The van der Waals surface area contributed by atoms with Crippen LogP contribution in [0.3, 0.4) is 0 Å². The average molecular weight is 188 g/mol. The van der Waals surface area contributed by atoms with Crippen molar-refractivity contribution in [1.29, 1.82) is 10.8 Å². The van der Waals surface area contributed by atoms with Crippen LogP contribution >= 0.6 is 0 Å². The third kappa shape index (κ3) is 2.08. The van der Waals surface area contributed by atoms with E-state index in [1.54, 1.807) is 0 Å². The van der Waals surface area contributed by atoms with Crippen LogP contribution < -0.4 is 0 Å². The Morgan fingerprint density at radius 3 is 2.29 bits per heavy atom. The molecule has 0 radical (unpaired) electrons. The smallest absolute Gasteiger partial charge is 0.0790 e. The largest absolute Gasteiger partial charge is 0.307 e. The van der Waals surface area contributed by atoms with Gasteiger partial charge in [0.1, 0.15) is 0 Å². The fraction of sp³-hybridized carbons (Fsp3) is 0.333. The fourth-order valence-electron chi connectivity index (χ4n) is 1.45. The van der Waals surface area contributed by atoms with E-state index in [-0.39, 0.29) is 11.1 Å². The number of benzene rings is 1. The molecular formula is C12H16N2. The lowest BCUT2D eigenvalue weighted by atomic mass is 9.82. The summed E-state index contributed by atoms with van der Waals surface area (Å²) >= 11 is 0. The summed E-state index contributed by atoms with van der Waals surface area (Å²) in [7, 11) is 0. The Morgan fingerprint density at radius 1 is 1.21 bits per heavy atom. The molecule has 1 aromatic rings. The van der Waals surface area contributed by atoms with Gasteiger partial charge in [-0.1, -0.05) is 45.0 Å². The van der Waals surface area contributed by atoms with Crippen molar-refractivity contribution in [3.8, 4) is 0 Å². The van der Waals surface area contributed by atoms with Crippen LogP contribution in [0.4, 0.5) is 0 Å². The Bertz CT molecular complexity index is 359. The summed E-state index contributed by atoms with van der Waals surface area (Å²) in [5.41, 5.74) is 2.27. The molecule has 1 aromatic carbocycles. The van der Waals surface area contributed by atoms with E-state index in [0.717, 1.165) is 17.3 Å². The minimum atomic E-state index is 0.0197. The predicted octanol–water partition coefficient (Wildman–Crippen LogP) is 3.00. The highest BCUT2D eigenvalue weighted by molar-refractivity contribution is 6.36. The SMILES string of the molecule is CC(C)(C)c1ccccc1C(=N)C=N. The molecule has 0 atom stereocenters. The van der Waals surface area contributed by atoms with Gasteiger partial charge in [0.15, 0.2) is 0 Å². The monoisotopic (exact) mass is 188 g/mol. The van der Waals surface area contributed by atoms with Crippen molar-refractivity contribution in [1.82, 2.24) is 0 Å². The van der Waals surface area contributed by atoms with Gasteiger partial charge in [0.2, 0.25) is 0 Å². The zero-order valence-corrected chi connectivity index (χ0v) is 8.89. The van der Waals surface area contributed by atoms with E-state index in [0.29, 0.717) is 0 Å². The van der Waals surface area contributed by atoms with Crippen LogP contribution in [0.15, 0.2) is 24.3 Å². The van der Waals surface area contributed by atoms with Crippen LogP contribution in [0, 0.1) is 10.8 Å². The normalized spacial score (nSPS) is 11.1. The average Bonchev–Trinajstić information content (AvgIpc) is 2.15. The zero-order valence-electron chi connectivity index (χ0n) is 8.89. The molecule has 14 heavy (non-hydrogen) atoms. The maximum absolute atomic E-state index is 7.66. The van der Waals surface area contributed by atoms with Gasteiger partial charge >= 0.3 is 0 Å². The molecule has 0 aromatic heterocycles. The third-order valence-corrected chi connectivity index (χ3v) is 2.17. The molecule has 74 valence electrons. The van der Waals surface area contributed by atoms with Crippen molar-refractivity contribution in [3.63, 3.8) is 0 Å². The maximum atomic E-state index is 7.66. The summed E-state index contributed by atoms with van der Waals surface area (Å²) < 4.78 is 0. The number of hydrogen-bond donors (Lipinski definition) is 2. The van der Waals surface area contributed by atoms with Gasteiger partial charge in [-0.25, -0.2) is 0 Å². The molecule has 0 spiro atoms. The Hall–Kier alpha value is -1.44. The standard InChI is InChI=1S/C12H16N2/c1-12(2,3)10-7-5-4-6-9(10)11(14)8-13/h4-8,13-14H,1-3H3. The molecule has 0 heterocycles. The highest BCUT2D eigenvalue weighted by atomic mass is 14.5.